The van der Waals surface area contributed by atoms with Crippen LogP contribution in [0.1, 0.15) is 32.2 Å². The van der Waals surface area contributed by atoms with E-state index in [1.165, 1.54) is 19.3 Å². The van der Waals surface area contributed by atoms with E-state index in [2.05, 4.69) is 4.90 Å². The van der Waals surface area contributed by atoms with E-state index >= 15 is 0 Å². The number of nitrogens with zero attached hydrogens (tertiary/aromatic N) is 2. The molecule has 1 aromatic rings. The van der Waals surface area contributed by atoms with E-state index in [0.717, 1.165) is 24.9 Å². The maximum Gasteiger partial charge on any atom is 0.245 e. The van der Waals surface area contributed by atoms with Crippen LogP contribution in [0.5, 0.6) is 0 Å². The summed E-state index contributed by atoms with van der Waals surface area (Å²) in [5.74, 6) is 2.14. The van der Waals surface area contributed by atoms with E-state index in [-0.39, 0.29) is 11.9 Å². The lowest BCUT2D eigenvalue weighted by atomic mass is 9.39. The van der Waals surface area contributed by atoms with Crippen molar-refractivity contribution >= 4 is 5.91 Å². The standard InChI is InChI=1S/C15H20N2O/c1-11(16-4-2-3-5-16)14(18)17-9-13(10-17)15-6-12(7-15)8-15/h2-5,11-13H,6-10H2,1H3. The highest BCUT2D eigenvalue weighted by molar-refractivity contribution is 5.81. The van der Waals surface area contributed by atoms with Crippen LogP contribution in [-0.2, 0) is 4.79 Å². The van der Waals surface area contributed by atoms with Gasteiger partial charge in [0, 0.05) is 25.5 Å². The molecule has 1 unspecified atom stereocenters. The predicted molar refractivity (Wildman–Crippen MR) is 69.0 cm³/mol. The topological polar surface area (TPSA) is 25.2 Å². The molecule has 0 spiro atoms. The molecule has 3 saturated carbocycles. The summed E-state index contributed by atoms with van der Waals surface area (Å²) in [5, 5.41) is 0. The summed E-state index contributed by atoms with van der Waals surface area (Å²) in [4.78, 5) is 14.4. The molecule has 0 N–H and O–H groups in total. The number of rotatable bonds is 3. The van der Waals surface area contributed by atoms with Crippen molar-refractivity contribution in [3.63, 3.8) is 0 Å². The Kier molecular flexibility index (Phi) is 2.01. The fraction of sp³-hybridized carbons (Fsp3) is 0.667. The Morgan fingerprint density at radius 1 is 1.22 bits per heavy atom. The first-order chi connectivity index (χ1) is 8.68. The van der Waals surface area contributed by atoms with Crippen molar-refractivity contribution in [2.24, 2.45) is 17.3 Å². The van der Waals surface area contributed by atoms with Crippen molar-refractivity contribution in [2.75, 3.05) is 13.1 Å². The van der Waals surface area contributed by atoms with Gasteiger partial charge in [-0.2, -0.15) is 0 Å². The van der Waals surface area contributed by atoms with Crippen LogP contribution in [0.15, 0.2) is 24.5 Å². The van der Waals surface area contributed by atoms with Crippen molar-refractivity contribution in [3.05, 3.63) is 24.5 Å². The minimum Gasteiger partial charge on any atom is -0.342 e. The molecule has 3 aliphatic carbocycles. The Morgan fingerprint density at radius 3 is 2.33 bits per heavy atom. The zero-order chi connectivity index (χ0) is 12.3. The van der Waals surface area contributed by atoms with Gasteiger partial charge in [-0.15, -0.1) is 0 Å². The lowest BCUT2D eigenvalue weighted by Crippen LogP contribution is -2.66. The van der Waals surface area contributed by atoms with Gasteiger partial charge in [-0.05, 0) is 55.6 Å². The molecule has 3 heteroatoms. The first-order valence-electron chi connectivity index (χ1n) is 7.09. The Labute approximate surface area is 108 Å². The molecule has 1 aromatic heterocycles. The Bertz CT molecular complexity index is 456. The molecule has 18 heavy (non-hydrogen) atoms. The van der Waals surface area contributed by atoms with Gasteiger partial charge in [-0.25, -0.2) is 0 Å². The molecule has 5 rings (SSSR count). The van der Waals surface area contributed by atoms with Crippen molar-refractivity contribution < 1.29 is 4.79 Å². The molecule has 0 radical (unpaired) electrons. The minimum absolute atomic E-state index is 0.0472. The molecule has 1 amide bonds. The van der Waals surface area contributed by atoms with Crippen LogP contribution in [0.2, 0.25) is 0 Å². The monoisotopic (exact) mass is 244 g/mol. The van der Waals surface area contributed by atoms with Gasteiger partial charge in [0.15, 0.2) is 0 Å². The van der Waals surface area contributed by atoms with E-state index in [4.69, 9.17) is 0 Å². The van der Waals surface area contributed by atoms with E-state index in [0.29, 0.717) is 5.41 Å². The summed E-state index contributed by atoms with van der Waals surface area (Å²) >= 11 is 0. The molecule has 4 aliphatic rings. The third-order valence-corrected chi connectivity index (χ3v) is 5.58. The van der Waals surface area contributed by atoms with E-state index in [1.807, 2.05) is 36.0 Å². The van der Waals surface area contributed by atoms with E-state index < -0.39 is 0 Å². The summed E-state index contributed by atoms with van der Waals surface area (Å²) in [5.41, 5.74) is 0.679. The highest BCUT2D eigenvalue weighted by Crippen LogP contribution is 2.69. The van der Waals surface area contributed by atoms with Crippen LogP contribution < -0.4 is 0 Å². The van der Waals surface area contributed by atoms with Gasteiger partial charge in [0.2, 0.25) is 5.91 Å². The van der Waals surface area contributed by atoms with Crippen molar-refractivity contribution in [3.8, 4) is 0 Å². The number of hydrogen-bond acceptors (Lipinski definition) is 1. The molecule has 2 heterocycles. The third-order valence-electron chi connectivity index (χ3n) is 5.58. The molecule has 4 fully saturated rings. The first kappa shape index (κ1) is 10.7. The summed E-state index contributed by atoms with van der Waals surface area (Å²) in [6, 6.07) is 3.91. The first-order valence-corrected chi connectivity index (χ1v) is 7.09. The summed E-state index contributed by atoms with van der Waals surface area (Å²) in [6.45, 7) is 4.02. The number of carbonyl (C=O) groups is 1. The molecule has 1 atom stereocenters. The summed E-state index contributed by atoms with van der Waals surface area (Å²) in [7, 11) is 0. The highest BCUT2D eigenvalue weighted by Gasteiger charge is 2.62. The maximum absolute atomic E-state index is 12.3. The van der Waals surface area contributed by atoms with E-state index in [9.17, 15) is 4.79 Å². The van der Waals surface area contributed by atoms with Crippen molar-refractivity contribution in [1.29, 1.82) is 0 Å². The number of carbonyl (C=O) groups excluding carboxylic acids is 1. The number of aromatic nitrogens is 1. The second-order valence-corrected chi connectivity index (χ2v) is 6.59. The summed E-state index contributed by atoms with van der Waals surface area (Å²) < 4.78 is 2.00. The van der Waals surface area contributed by atoms with Crippen LogP contribution in [0, 0.1) is 17.3 Å². The molecular formula is C15H20N2O. The number of likely N-dealkylation sites (tertiary alicyclic amines) is 1. The van der Waals surface area contributed by atoms with Crippen LogP contribution in [0.3, 0.4) is 0 Å². The van der Waals surface area contributed by atoms with Gasteiger partial charge in [0.25, 0.3) is 0 Å². The lowest BCUT2D eigenvalue weighted by Gasteiger charge is -2.69. The SMILES string of the molecule is CC(C(=O)N1CC(C23CC(C2)C3)C1)n1cccc1. The van der Waals surface area contributed by atoms with Crippen LogP contribution in [-0.4, -0.2) is 28.5 Å². The Morgan fingerprint density at radius 2 is 1.83 bits per heavy atom. The Hall–Kier alpha value is -1.25. The zero-order valence-electron chi connectivity index (χ0n) is 10.9. The molecule has 2 bridgehead atoms. The maximum atomic E-state index is 12.3. The normalized spacial score (nSPS) is 35.4. The van der Waals surface area contributed by atoms with Crippen LogP contribution in [0.4, 0.5) is 0 Å². The largest absolute Gasteiger partial charge is 0.342 e. The van der Waals surface area contributed by atoms with Crippen LogP contribution in [0.25, 0.3) is 0 Å². The second kappa shape index (κ2) is 3.40. The van der Waals surface area contributed by atoms with Crippen LogP contribution >= 0.6 is 0 Å². The van der Waals surface area contributed by atoms with Gasteiger partial charge in [-0.3, -0.25) is 4.79 Å². The summed E-state index contributed by atoms with van der Waals surface area (Å²) in [6.07, 6.45) is 8.30. The molecule has 96 valence electrons. The van der Waals surface area contributed by atoms with Gasteiger partial charge in [-0.1, -0.05) is 0 Å². The second-order valence-electron chi connectivity index (χ2n) is 6.59. The Balaban J connectivity index is 1.36. The molecule has 0 aromatic carbocycles. The number of amides is 1. The van der Waals surface area contributed by atoms with Gasteiger partial charge in [0.05, 0.1) is 0 Å². The van der Waals surface area contributed by atoms with Gasteiger partial charge >= 0.3 is 0 Å². The van der Waals surface area contributed by atoms with Crippen molar-refractivity contribution in [2.45, 2.75) is 32.2 Å². The van der Waals surface area contributed by atoms with Gasteiger partial charge < -0.3 is 9.47 Å². The molecule has 1 aliphatic heterocycles. The lowest BCUT2D eigenvalue weighted by molar-refractivity contribution is -0.193. The van der Waals surface area contributed by atoms with E-state index in [1.54, 1.807) is 0 Å². The fourth-order valence-corrected chi connectivity index (χ4v) is 4.09. The smallest absolute Gasteiger partial charge is 0.245 e. The minimum atomic E-state index is -0.0472. The zero-order valence-corrected chi connectivity index (χ0v) is 10.9. The molecule has 3 nitrogen and oxygen atoms in total. The average Bonchev–Trinajstić information content (AvgIpc) is 2.68. The predicted octanol–water partition coefficient (Wildman–Crippen LogP) is 2.31. The quantitative estimate of drug-likeness (QED) is 0.801. The number of hydrogen-bond donors (Lipinski definition) is 0. The van der Waals surface area contributed by atoms with Crippen molar-refractivity contribution in [1.82, 2.24) is 9.47 Å². The third kappa shape index (κ3) is 1.28. The molecule has 1 saturated heterocycles. The fourth-order valence-electron chi connectivity index (χ4n) is 4.09. The highest BCUT2D eigenvalue weighted by atomic mass is 16.2. The van der Waals surface area contributed by atoms with Gasteiger partial charge in [0.1, 0.15) is 6.04 Å². The molecular weight excluding hydrogens is 224 g/mol. The average molecular weight is 244 g/mol.